The summed E-state index contributed by atoms with van der Waals surface area (Å²) in [7, 11) is 1.64. The van der Waals surface area contributed by atoms with Gasteiger partial charge in [-0.3, -0.25) is 0 Å². The summed E-state index contributed by atoms with van der Waals surface area (Å²) >= 11 is 0. The van der Waals surface area contributed by atoms with Gasteiger partial charge in [0.2, 0.25) is 12.7 Å². The second-order valence-electron chi connectivity index (χ2n) is 6.11. The Morgan fingerprint density at radius 1 is 1.00 bits per heavy atom. The number of fused-ring (bicyclic) bond motifs is 1. The lowest BCUT2D eigenvalue weighted by molar-refractivity contribution is 0.174. The Morgan fingerprint density at radius 3 is 2.63 bits per heavy atom. The molecule has 0 bridgehead atoms. The van der Waals surface area contributed by atoms with Crippen LogP contribution in [-0.2, 0) is 6.54 Å². The van der Waals surface area contributed by atoms with Crippen molar-refractivity contribution in [2.24, 2.45) is 0 Å². The van der Waals surface area contributed by atoms with E-state index in [9.17, 15) is 0 Å². The van der Waals surface area contributed by atoms with Crippen LogP contribution in [0.3, 0.4) is 0 Å². The van der Waals surface area contributed by atoms with Crippen molar-refractivity contribution in [3.63, 3.8) is 0 Å². The molecular formula is C20H20N4O3. The third kappa shape index (κ3) is 4.03. The number of nitrogens with zero attached hydrogens (tertiary/aromatic N) is 2. The summed E-state index contributed by atoms with van der Waals surface area (Å²) < 4.78 is 15.9. The van der Waals surface area contributed by atoms with Gasteiger partial charge in [-0.15, -0.1) is 0 Å². The molecule has 0 saturated carbocycles. The van der Waals surface area contributed by atoms with E-state index in [1.807, 2.05) is 55.5 Å². The van der Waals surface area contributed by atoms with E-state index in [1.54, 1.807) is 7.11 Å². The predicted molar refractivity (Wildman–Crippen MR) is 103 cm³/mol. The highest BCUT2D eigenvalue weighted by Crippen LogP contribution is 2.32. The molecule has 3 aromatic rings. The van der Waals surface area contributed by atoms with E-state index in [2.05, 4.69) is 20.6 Å². The largest absolute Gasteiger partial charge is 0.497 e. The first kappa shape index (κ1) is 17.0. The fourth-order valence-electron chi connectivity index (χ4n) is 2.76. The molecule has 0 aliphatic carbocycles. The third-order valence-electron chi connectivity index (χ3n) is 4.11. The maximum Gasteiger partial charge on any atom is 0.231 e. The van der Waals surface area contributed by atoms with Crippen molar-refractivity contribution in [3.8, 4) is 17.2 Å². The highest BCUT2D eigenvalue weighted by atomic mass is 16.7. The van der Waals surface area contributed by atoms with Crippen molar-refractivity contribution in [3.05, 3.63) is 59.8 Å². The van der Waals surface area contributed by atoms with Gasteiger partial charge in [-0.25, -0.2) is 4.98 Å². The molecule has 0 radical (unpaired) electrons. The number of aromatic nitrogens is 2. The summed E-state index contributed by atoms with van der Waals surface area (Å²) in [6, 6.07) is 15.4. The summed E-state index contributed by atoms with van der Waals surface area (Å²) in [6.07, 6.45) is 0. The molecule has 0 spiro atoms. The van der Waals surface area contributed by atoms with Gasteiger partial charge in [0, 0.05) is 24.0 Å². The van der Waals surface area contributed by atoms with Gasteiger partial charge in [-0.05, 0) is 48.9 Å². The lowest BCUT2D eigenvalue weighted by Gasteiger charge is -2.11. The fraction of sp³-hybridized carbons (Fsp3) is 0.200. The lowest BCUT2D eigenvalue weighted by Crippen LogP contribution is -2.05. The molecule has 7 nitrogen and oxygen atoms in total. The topological polar surface area (TPSA) is 77.5 Å². The maximum absolute atomic E-state index is 5.42. The highest BCUT2D eigenvalue weighted by molar-refractivity contribution is 5.56. The van der Waals surface area contributed by atoms with Crippen LogP contribution >= 0.6 is 0 Å². The number of ether oxygens (including phenoxy) is 3. The van der Waals surface area contributed by atoms with Crippen LogP contribution in [0.2, 0.25) is 0 Å². The molecule has 4 rings (SSSR count). The van der Waals surface area contributed by atoms with Crippen molar-refractivity contribution in [2.45, 2.75) is 13.5 Å². The zero-order chi connectivity index (χ0) is 18.6. The SMILES string of the molecule is COc1ccc(Nc2nc(C)cc(NCc3ccc4c(c3)OCO4)n2)cc1. The van der Waals surface area contributed by atoms with Crippen molar-refractivity contribution < 1.29 is 14.2 Å². The van der Waals surface area contributed by atoms with Crippen molar-refractivity contribution in [1.29, 1.82) is 0 Å². The van der Waals surface area contributed by atoms with E-state index >= 15 is 0 Å². The first-order valence-corrected chi connectivity index (χ1v) is 8.59. The predicted octanol–water partition coefficient (Wildman–Crippen LogP) is 3.88. The molecule has 1 aliphatic heterocycles. The number of hydrogen-bond donors (Lipinski definition) is 2. The maximum atomic E-state index is 5.42. The monoisotopic (exact) mass is 364 g/mol. The normalized spacial score (nSPS) is 11.9. The molecule has 0 amide bonds. The van der Waals surface area contributed by atoms with Gasteiger partial charge in [0.1, 0.15) is 11.6 Å². The molecule has 0 atom stereocenters. The molecule has 138 valence electrons. The van der Waals surface area contributed by atoms with Crippen LogP contribution in [0, 0.1) is 6.92 Å². The standard InChI is InChI=1S/C20H20N4O3/c1-13-9-19(21-11-14-3-8-17-18(10-14)27-12-26-17)24-20(22-13)23-15-4-6-16(25-2)7-5-15/h3-10H,11-12H2,1-2H3,(H2,21,22,23,24). The number of anilines is 3. The Kier molecular flexibility index (Phi) is 4.65. The molecule has 7 heteroatoms. The molecule has 2 heterocycles. The van der Waals surface area contributed by atoms with E-state index in [4.69, 9.17) is 14.2 Å². The van der Waals surface area contributed by atoms with Gasteiger partial charge in [-0.2, -0.15) is 4.98 Å². The highest BCUT2D eigenvalue weighted by Gasteiger charge is 2.13. The van der Waals surface area contributed by atoms with Crippen LogP contribution < -0.4 is 24.8 Å². The fourth-order valence-corrected chi connectivity index (χ4v) is 2.76. The van der Waals surface area contributed by atoms with E-state index < -0.39 is 0 Å². The average Bonchev–Trinajstić information content (AvgIpc) is 3.14. The molecule has 0 unspecified atom stereocenters. The molecule has 1 aliphatic rings. The van der Waals surface area contributed by atoms with E-state index in [0.717, 1.165) is 40.0 Å². The number of benzene rings is 2. The smallest absolute Gasteiger partial charge is 0.231 e. The Hall–Kier alpha value is -3.48. The minimum atomic E-state index is 0.276. The van der Waals surface area contributed by atoms with Crippen molar-refractivity contribution >= 4 is 17.5 Å². The second kappa shape index (κ2) is 7.41. The Bertz CT molecular complexity index is 944. The Morgan fingerprint density at radius 2 is 1.81 bits per heavy atom. The first-order valence-electron chi connectivity index (χ1n) is 8.59. The molecule has 0 saturated heterocycles. The van der Waals surface area contributed by atoms with Crippen LogP contribution in [0.4, 0.5) is 17.5 Å². The minimum absolute atomic E-state index is 0.276. The second-order valence-corrected chi connectivity index (χ2v) is 6.11. The molecular weight excluding hydrogens is 344 g/mol. The van der Waals surface area contributed by atoms with Gasteiger partial charge in [0.05, 0.1) is 7.11 Å². The molecule has 1 aromatic heterocycles. The third-order valence-corrected chi connectivity index (χ3v) is 4.11. The number of methoxy groups -OCH3 is 1. The summed E-state index contributed by atoms with van der Waals surface area (Å²) in [5, 5.41) is 6.54. The summed E-state index contributed by atoms with van der Waals surface area (Å²) in [5.41, 5.74) is 2.84. The van der Waals surface area contributed by atoms with Gasteiger partial charge in [0.15, 0.2) is 11.5 Å². The quantitative estimate of drug-likeness (QED) is 0.687. The molecule has 2 N–H and O–H groups in total. The number of aryl methyl sites for hydroxylation is 1. The molecule has 27 heavy (non-hydrogen) atoms. The van der Waals surface area contributed by atoms with Gasteiger partial charge in [-0.1, -0.05) is 6.07 Å². The lowest BCUT2D eigenvalue weighted by atomic mass is 10.2. The van der Waals surface area contributed by atoms with Crippen molar-refractivity contribution in [1.82, 2.24) is 9.97 Å². The van der Waals surface area contributed by atoms with Crippen LogP contribution in [0.15, 0.2) is 48.5 Å². The first-order chi connectivity index (χ1) is 13.2. The Balaban J connectivity index is 1.45. The average molecular weight is 364 g/mol. The van der Waals surface area contributed by atoms with E-state index in [1.165, 1.54) is 0 Å². The summed E-state index contributed by atoms with van der Waals surface area (Å²) in [6.45, 7) is 2.83. The number of hydrogen-bond acceptors (Lipinski definition) is 7. The summed E-state index contributed by atoms with van der Waals surface area (Å²) in [5.74, 6) is 3.64. The summed E-state index contributed by atoms with van der Waals surface area (Å²) in [4.78, 5) is 8.98. The van der Waals surface area contributed by atoms with Crippen LogP contribution in [-0.4, -0.2) is 23.9 Å². The molecule has 2 aromatic carbocycles. The minimum Gasteiger partial charge on any atom is -0.497 e. The van der Waals surface area contributed by atoms with Gasteiger partial charge in [0.25, 0.3) is 0 Å². The zero-order valence-corrected chi connectivity index (χ0v) is 15.2. The number of nitrogens with one attached hydrogen (secondary N) is 2. The van der Waals surface area contributed by atoms with Gasteiger partial charge < -0.3 is 24.8 Å². The van der Waals surface area contributed by atoms with Crippen molar-refractivity contribution in [2.75, 3.05) is 24.5 Å². The van der Waals surface area contributed by atoms with E-state index in [-0.39, 0.29) is 6.79 Å². The van der Waals surface area contributed by atoms with Gasteiger partial charge >= 0.3 is 0 Å². The van der Waals surface area contributed by atoms with Crippen LogP contribution in [0.25, 0.3) is 0 Å². The van der Waals surface area contributed by atoms with E-state index in [0.29, 0.717) is 12.5 Å². The van der Waals surface area contributed by atoms with Crippen LogP contribution in [0.5, 0.6) is 17.2 Å². The zero-order valence-electron chi connectivity index (χ0n) is 15.2. The van der Waals surface area contributed by atoms with Crippen LogP contribution in [0.1, 0.15) is 11.3 Å². The molecule has 0 fully saturated rings. The number of rotatable bonds is 6. The Labute approximate surface area is 157 Å².